The van der Waals surface area contributed by atoms with E-state index in [2.05, 4.69) is 27.4 Å². The number of carbonyl (C=O) groups excluding carboxylic acids is 1. The van der Waals surface area contributed by atoms with E-state index >= 15 is 0 Å². The van der Waals surface area contributed by atoms with Crippen molar-refractivity contribution in [2.75, 3.05) is 0 Å². The highest BCUT2D eigenvalue weighted by atomic mass is 32.1. The van der Waals surface area contributed by atoms with E-state index in [1.165, 1.54) is 16.9 Å². The van der Waals surface area contributed by atoms with Crippen molar-refractivity contribution < 1.29 is 9.90 Å². The Morgan fingerprint density at radius 2 is 1.96 bits per heavy atom. The number of aliphatic hydroxyl groups excluding tert-OH is 1. The van der Waals surface area contributed by atoms with Crippen LogP contribution < -0.4 is 5.32 Å². The van der Waals surface area contributed by atoms with E-state index in [0.717, 1.165) is 17.1 Å². The summed E-state index contributed by atoms with van der Waals surface area (Å²) < 4.78 is 0. The summed E-state index contributed by atoms with van der Waals surface area (Å²) in [6, 6.07) is 15.6. The lowest BCUT2D eigenvalue weighted by atomic mass is 9.76. The number of hydrogen-bond donors (Lipinski definition) is 2. The molecule has 1 saturated carbocycles. The molecule has 1 aliphatic carbocycles. The predicted octanol–water partition coefficient (Wildman–Crippen LogP) is 3.37. The molecular formula is C21H21N3O2S. The Balaban J connectivity index is 1.47. The van der Waals surface area contributed by atoms with E-state index in [0.29, 0.717) is 18.5 Å². The van der Waals surface area contributed by atoms with Gasteiger partial charge in [-0.15, -0.1) is 11.3 Å². The van der Waals surface area contributed by atoms with Crippen LogP contribution in [0.5, 0.6) is 0 Å². The first-order valence-corrected chi connectivity index (χ1v) is 9.95. The molecule has 0 unspecified atom stereocenters. The van der Waals surface area contributed by atoms with Crippen LogP contribution in [0.4, 0.5) is 0 Å². The molecule has 1 aliphatic rings. The third-order valence-electron chi connectivity index (χ3n) is 4.90. The lowest BCUT2D eigenvalue weighted by Crippen LogP contribution is -2.41. The fourth-order valence-corrected chi connectivity index (χ4v) is 4.19. The van der Waals surface area contributed by atoms with Crippen molar-refractivity contribution in [3.8, 4) is 0 Å². The molecule has 2 aromatic heterocycles. The van der Waals surface area contributed by atoms with Crippen molar-refractivity contribution in [1.29, 1.82) is 0 Å². The number of benzene rings is 1. The van der Waals surface area contributed by atoms with E-state index < -0.39 is 0 Å². The standard InChI is InChI=1S/C21H21N3O2S/c25-16-11-15(12-16)20(17-8-4-5-9-22-17)24-21(26)18-13-27-19(23-18)10-14-6-2-1-3-7-14/h1-9,13,15-16,20,25H,10-12H2,(H,24,26)/t15?,16?,20-/m1/s1. The molecule has 0 spiro atoms. The molecule has 0 aliphatic heterocycles. The first-order valence-electron chi connectivity index (χ1n) is 9.07. The minimum atomic E-state index is -0.283. The van der Waals surface area contributed by atoms with Gasteiger partial charge in [0.05, 0.1) is 22.8 Å². The molecule has 0 bridgehead atoms. The van der Waals surface area contributed by atoms with Crippen molar-refractivity contribution in [3.63, 3.8) is 0 Å². The van der Waals surface area contributed by atoms with Gasteiger partial charge in [0.25, 0.3) is 5.91 Å². The third-order valence-corrected chi connectivity index (χ3v) is 5.75. The second kappa shape index (κ2) is 7.98. The number of aliphatic hydroxyl groups is 1. The van der Waals surface area contributed by atoms with Gasteiger partial charge in [-0.3, -0.25) is 9.78 Å². The topological polar surface area (TPSA) is 75.1 Å². The van der Waals surface area contributed by atoms with Gasteiger partial charge in [0.1, 0.15) is 5.69 Å². The van der Waals surface area contributed by atoms with Gasteiger partial charge in [-0.2, -0.15) is 0 Å². The number of nitrogens with zero attached hydrogens (tertiary/aromatic N) is 2. The van der Waals surface area contributed by atoms with Crippen LogP contribution in [0, 0.1) is 5.92 Å². The molecule has 6 heteroatoms. The summed E-state index contributed by atoms with van der Waals surface area (Å²) >= 11 is 1.50. The maximum absolute atomic E-state index is 12.8. The number of hydrogen-bond acceptors (Lipinski definition) is 5. The van der Waals surface area contributed by atoms with Crippen LogP contribution in [0.3, 0.4) is 0 Å². The molecule has 5 nitrogen and oxygen atoms in total. The molecule has 4 rings (SSSR count). The summed E-state index contributed by atoms with van der Waals surface area (Å²) in [7, 11) is 0. The molecule has 27 heavy (non-hydrogen) atoms. The number of pyridine rings is 1. The minimum Gasteiger partial charge on any atom is -0.393 e. The third kappa shape index (κ3) is 4.23. The largest absolute Gasteiger partial charge is 0.393 e. The zero-order valence-corrected chi connectivity index (χ0v) is 15.6. The number of nitrogens with one attached hydrogen (secondary N) is 1. The Bertz CT molecular complexity index is 892. The van der Waals surface area contributed by atoms with Crippen LogP contribution >= 0.6 is 11.3 Å². The first-order chi connectivity index (χ1) is 13.2. The van der Waals surface area contributed by atoms with Crippen LogP contribution in [0.1, 0.15) is 45.6 Å². The van der Waals surface area contributed by atoms with E-state index in [9.17, 15) is 9.90 Å². The number of aromatic nitrogens is 2. The van der Waals surface area contributed by atoms with E-state index in [4.69, 9.17) is 0 Å². The lowest BCUT2D eigenvalue weighted by Gasteiger charge is -2.37. The maximum Gasteiger partial charge on any atom is 0.271 e. The first kappa shape index (κ1) is 17.8. The van der Waals surface area contributed by atoms with Crippen molar-refractivity contribution in [2.45, 2.75) is 31.4 Å². The highest BCUT2D eigenvalue weighted by Crippen LogP contribution is 2.37. The van der Waals surface area contributed by atoms with Crippen molar-refractivity contribution >= 4 is 17.2 Å². The normalized spacial score (nSPS) is 19.9. The maximum atomic E-state index is 12.8. The molecule has 2 heterocycles. The molecule has 1 fully saturated rings. The average molecular weight is 379 g/mol. The number of carbonyl (C=O) groups is 1. The fourth-order valence-electron chi connectivity index (χ4n) is 3.38. The Labute approximate surface area is 162 Å². The quantitative estimate of drug-likeness (QED) is 0.689. The summed E-state index contributed by atoms with van der Waals surface area (Å²) in [6.07, 6.45) is 3.52. The monoisotopic (exact) mass is 379 g/mol. The molecule has 1 amide bonds. The highest BCUT2D eigenvalue weighted by Gasteiger charge is 2.36. The molecule has 0 saturated heterocycles. The summed E-state index contributed by atoms with van der Waals surface area (Å²) in [5.41, 5.74) is 2.43. The smallest absolute Gasteiger partial charge is 0.271 e. The average Bonchev–Trinajstić information content (AvgIpc) is 3.14. The summed E-state index contributed by atoms with van der Waals surface area (Å²) in [5, 5.41) is 15.5. The molecule has 2 N–H and O–H groups in total. The minimum absolute atomic E-state index is 0.192. The van der Waals surface area contributed by atoms with E-state index in [1.54, 1.807) is 11.6 Å². The number of thiazole rings is 1. The molecule has 3 aromatic rings. The second-order valence-electron chi connectivity index (χ2n) is 6.88. The van der Waals surface area contributed by atoms with Gasteiger partial charge >= 0.3 is 0 Å². The molecule has 1 aromatic carbocycles. The van der Waals surface area contributed by atoms with Crippen LogP contribution in [-0.4, -0.2) is 27.1 Å². The molecular weight excluding hydrogens is 358 g/mol. The van der Waals surface area contributed by atoms with Crippen LogP contribution in [0.25, 0.3) is 0 Å². The van der Waals surface area contributed by atoms with Crippen molar-refractivity contribution in [1.82, 2.24) is 15.3 Å². The Morgan fingerprint density at radius 1 is 1.19 bits per heavy atom. The van der Waals surface area contributed by atoms with Gasteiger partial charge in [0, 0.05) is 18.0 Å². The van der Waals surface area contributed by atoms with Crippen molar-refractivity contribution in [3.05, 3.63) is 82.1 Å². The van der Waals surface area contributed by atoms with Gasteiger partial charge in [0.15, 0.2) is 0 Å². The van der Waals surface area contributed by atoms with Crippen LogP contribution in [0.2, 0.25) is 0 Å². The van der Waals surface area contributed by atoms with Crippen molar-refractivity contribution in [2.24, 2.45) is 5.92 Å². The molecule has 1 atom stereocenters. The second-order valence-corrected chi connectivity index (χ2v) is 7.82. The van der Waals surface area contributed by atoms with Gasteiger partial charge < -0.3 is 10.4 Å². The molecule has 138 valence electrons. The SMILES string of the molecule is O=C(N[C@@H](c1ccccn1)C1CC(O)C1)c1csc(Cc2ccccc2)n1. The molecule has 0 radical (unpaired) electrons. The number of amides is 1. The van der Waals surface area contributed by atoms with E-state index in [-0.39, 0.29) is 24.0 Å². The Kier molecular flexibility index (Phi) is 5.27. The summed E-state index contributed by atoms with van der Waals surface area (Å²) in [6.45, 7) is 0. The highest BCUT2D eigenvalue weighted by molar-refractivity contribution is 7.09. The van der Waals surface area contributed by atoms with Crippen LogP contribution in [-0.2, 0) is 6.42 Å². The predicted molar refractivity (Wildman–Crippen MR) is 105 cm³/mol. The Hall–Kier alpha value is -2.57. The lowest BCUT2D eigenvalue weighted by molar-refractivity contribution is 0.0228. The summed E-state index contributed by atoms with van der Waals surface area (Å²) in [4.78, 5) is 21.7. The van der Waals surface area contributed by atoms with Gasteiger partial charge in [-0.25, -0.2) is 4.98 Å². The zero-order chi connectivity index (χ0) is 18.6. The number of rotatable bonds is 6. The van der Waals surface area contributed by atoms with Crippen LogP contribution in [0.15, 0.2) is 60.1 Å². The van der Waals surface area contributed by atoms with E-state index in [1.807, 2.05) is 36.4 Å². The van der Waals surface area contributed by atoms with Gasteiger partial charge in [-0.1, -0.05) is 36.4 Å². The zero-order valence-electron chi connectivity index (χ0n) is 14.8. The Morgan fingerprint density at radius 3 is 2.67 bits per heavy atom. The van der Waals surface area contributed by atoms with Gasteiger partial charge in [-0.05, 0) is 36.5 Å². The fraction of sp³-hybridized carbons (Fsp3) is 0.286. The summed E-state index contributed by atoms with van der Waals surface area (Å²) in [5.74, 6) is 0.00359. The van der Waals surface area contributed by atoms with Gasteiger partial charge in [0.2, 0.25) is 0 Å².